The third-order valence-electron chi connectivity index (χ3n) is 4.55. The van der Waals surface area contributed by atoms with Crippen LogP contribution in [-0.2, 0) is 13.0 Å². The van der Waals surface area contributed by atoms with E-state index in [1.54, 1.807) is 18.2 Å². The number of carbonyl (C=O) groups excluding carboxylic acids is 1. The standard InChI is InChI=1S/C18H18N4O2/c19-17-12-4-2-1-3-10(12)7-15(17)22-18(24)11-5-6-13-14(8-11)21-16(9-23)20-13/h1-6,8,15,17,23H,7,9,19H2,(H,20,21)(H,22,24)/t15-,17-/m1/s1. The third-order valence-corrected chi connectivity index (χ3v) is 4.55. The second-order valence-corrected chi connectivity index (χ2v) is 6.08. The number of hydrogen-bond acceptors (Lipinski definition) is 4. The van der Waals surface area contributed by atoms with Crippen LogP contribution >= 0.6 is 0 Å². The van der Waals surface area contributed by atoms with Crippen LogP contribution in [0.4, 0.5) is 0 Å². The molecule has 0 radical (unpaired) electrons. The Hall–Kier alpha value is -2.70. The predicted octanol–water partition coefficient (Wildman–Crippen LogP) is 1.41. The van der Waals surface area contributed by atoms with E-state index < -0.39 is 0 Å². The SMILES string of the molecule is N[C@@H]1c2ccccc2C[C@H]1NC(=O)c1ccc2nc(CO)[nH]c2c1. The molecular formula is C18H18N4O2. The lowest BCUT2D eigenvalue weighted by molar-refractivity contribution is 0.0933. The number of aromatic nitrogens is 2. The maximum atomic E-state index is 12.6. The van der Waals surface area contributed by atoms with Gasteiger partial charge in [0, 0.05) is 5.56 Å². The molecule has 1 aliphatic rings. The number of H-pyrrole nitrogens is 1. The Balaban J connectivity index is 1.54. The zero-order valence-corrected chi connectivity index (χ0v) is 13.0. The molecule has 4 rings (SSSR count). The Labute approximate surface area is 138 Å². The molecule has 2 atom stereocenters. The molecule has 5 N–H and O–H groups in total. The first-order valence-corrected chi connectivity index (χ1v) is 7.89. The highest BCUT2D eigenvalue weighted by atomic mass is 16.3. The first kappa shape index (κ1) is 14.9. The van der Waals surface area contributed by atoms with E-state index in [2.05, 4.69) is 21.4 Å². The van der Waals surface area contributed by atoms with Crippen LogP contribution in [0.3, 0.4) is 0 Å². The summed E-state index contributed by atoms with van der Waals surface area (Å²) < 4.78 is 0. The number of nitrogens with two attached hydrogens (primary N) is 1. The monoisotopic (exact) mass is 322 g/mol. The summed E-state index contributed by atoms with van der Waals surface area (Å²) in [7, 11) is 0. The molecule has 2 aromatic carbocycles. The van der Waals surface area contributed by atoms with Gasteiger partial charge in [-0.05, 0) is 35.7 Å². The lowest BCUT2D eigenvalue weighted by Crippen LogP contribution is -2.40. The van der Waals surface area contributed by atoms with Crippen molar-refractivity contribution in [3.05, 3.63) is 65.0 Å². The molecule has 0 bridgehead atoms. The summed E-state index contributed by atoms with van der Waals surface area (Å²) in [5.41, 5.74) is 10.5. The molecular weight excluding hydrogens is 304 g/mol. The van der Waals surface area contributed by atoms with Gasteiger partial charge in [-0.25, -0.2) is 4.98 Å². The van der Waals surface area contributed by atoms with Crippen LogP contribution in [-0.4, -0.2) is 27.0 Å². The molecule has 0 aliphatic heterocycles. The van der Waals surface area contributed by atoms with Crippen LogP contribution < -0.4 is 11.1 Å². The first-order valence-electron chi connectivity index (χ1n) is 7.89. The van der Waals surface area contributed by atoms with Crippen molar-refractivity contribution in [2.24, 2.45) is 5.73 Å². The molecule has 122 valence electrons. The van der Waals surface area contributed by atoms with E-state index in [0.29, 0.717) is 11.4 Å². The maximum Gasteiger partial charge on any atom is 0.251 e. The first-order chi connectivity index (χ1) is 11.7. The molecule has 1 aromatic heterocycles. The number of benzene rings is 2. The fourth-order valence-corrected chi connectivity index (χ4v) is 3.30. The number of fused-ring (bicyclic) bond motifs is 2. The van der Waals surface area contributed by atoms with Crippen molar-refractivity contribution in [2.45, 2.75) is 25.1 Å². The summed E-state index contributed by atoms with van der Waals surface area (Å²) in [4.78, 5) is 19.8. The number of nitrogens with one attached hydrogen (secondary N) is 2. The molecule has 0 fully saturated rings. The van der Waals surface area contributed by atoms with Crippen molar-refractivity contribution in [3.63, 3.8) is 0 Å². The van der Waals surface area contributed by atoms with Gasteiger partial charge in [0.2, 0.25) is 0 Å². The van der Waals surface area contributed by atoms with Gasteiger partial charge >= 0.3 is 0 Å². The van der Waals surface area contributed by atoms with Gasteiger partial charge in [-0.2, -0.15) is 0 Å². The number of amides is 1. The van der Waals surface area contributed by atoms with Crippen LogP contribution in [0, 0.1) is 0 Å². The fraction of sp³-hybridized carbons (Fsp3) is 0.222. The summed E-state index contributed by atoms with van der Waals surface area (Å²) in [6, 6.07) is 12.9. The number of aromatic amines is 1. The normalized spacial score (nSPS) is 19.4. The van der Waals surface area contributed by atoms with E-state index in [-0.39, 0.29) is 24.6 Å². The van der Waals surface area contributed by atoms with Gasteiger partial charge in [0.15, 0.2) is 0 Å². The average Bonchev–Trinajstić information content (AvgIpc) is 3.15. The molecule has 6 nitrogen and oxygen atoms in total. The minimum absolute atomic E-state index is 0.111. The molecule has 0 saturated carbocycles. The number of nitrogens with zero attached hydrogens (tertiary/aromatic N) is 1. The van der Waals surface area contributed by atoms with Crippen molar-refractivity contribution in [2.75, 3.05) is 0 Å². The van der Waals surface area contributed by atoms with Crippen LogP contribution in [0.25, 0.3) is 11.0 Å². The molecule has 6 heteroatoms. The van der Waals surface area contributed by atoms with E-state index in [1.165, 1.54) is 5.56 Å². The van der Waals surface area contributed by atoms with Gasteiger partial charge in [0.05, 0.1) is 23.1 Å². The van der Waals surface area contributed by atoms with Crippen LogP contribution in [0.1, 0.15) is 33.4 Å². The minimum Gasteiger partial charge on any atom is -0.388 e. The largest absolute Gasteiger partial charge is 0.388 e. The minimum atomic E-state index is -0.193. The van der Waals surface area contributed by atoms with E-state index in [9.17, 15) is 4.79 Å². The number of rotatable bonds is 3. The highest BCUT2D eigenvalue weighted by Gasteiger charge is 2.30. The Morgan fingerprint density at radius 1 is 1.33 bits per heavy atom. The second-order valence-electron chi connectivity index (χ2n) is 6.08. The van der Waals surface area contributed by atoms with Crippen molar-refractivity contribution < 1.29 is 9.90 Å². The summed E-state index contributed by atoms with van der Waals surface area (Å²) in [5.74, 6) is 0.320. The average molecular weight is 322 g/mol. The fourth-order valence-electron chi connectivity index (χ4n) is 3.30. The number of carbonyl (C=O) groups is 1. The Bertz CT molecular complexity index is 918. The van der Waals surface area contributed by atoms with Crippen molar-refractivity contribution in [1.82, 2.24) is 15.3 Å². The molecule has 0 unspecified atom stereocenters. The van der Waals surface area contributed by atoms with Crippen LogP contribution in [0.15, 0.2) is 42.5 Å². The van der Waals surface area contributed by atoms with Gasteiger partial charge in [-0.1, -0.05) is 24.3 Å². The number of hydrogen-bond donors (Lipinski definition) is 4. The Morgan fingerprint density at radius 3 is 2.96 bits per heavy atom. The van der Waals surface area contributed by atoms with E-state index in [0.717, 1.165) is 23.0 Å². The zero-order chi connectivity index (χ0) is 16.7. The van der Waals surface area contributed by atoms with Gasteiger partial charge in [0.1, 0.15) is 12.4 Å². The number of aliphatic hydroxyl groups is 1. The summed E-state index contributed by atoms with van der Waals surface area (Å²) >= 11 is 0. The van der Waals surface area contributed by atoms with Crippen LogP contribution in [0.5, 0.6) is 0 Å². The van der Waals surface area contributed by atoms with Crippen LogP contribution in [0.2, 0.25) is 0 Å². The quantitative estimate of drug-likeness (QED) is 0.585. The van der Waals surface area contributed by atoms with Gasteiger partial charge in [0.25, 0.3) is 5.91 Å². The zero-order valence-electron chi connectivity index (χ0n) is 13.0. The smallest absolute Gasteiger partial charge is 0.251 e. The highest BCUT2D eigenvalue weighted by molar-refractivity contribution is 5.97. The number of imidazole rings is 1. The van der Waals surface area contributed by atoms with Crippen molar-refractivity contribution >= 4 is 16.9 Å². The van der Waals surface area contributed by atoms with Crippen molar-refractivity contribution in [3.8, 4) is 0 Å². The summed E-state index contributed by atoms with van der Waals surface area (Å²) in [5, 5.41) is 12.2. The maximum absolute atomic E-state index is 12.6. The lowest BCUT2D eigenvalue weighted by atomic mass is 10.1. The van der Waals surface area contributed by atoms with E-state index >= 15 is 0 Å². The third kappa shape index (κ3) is 2.46. The molecule has 1 aliphatic carbocycles. The van der Waals surface area contributed by atoms with Gasteiger partial charge < -0.3 is 21.1 Å². The second kappa shape index (κ2) is 5.74. The summed E-state index contributed by atoms with van der Waals surface area (Å²) in [6.45, 7) is -0.161. The molecule has 24 heavy (non-hydrogen) atoms. The lowest BCUT2D eigenvalue weighted by Gasteiger charge is -2.18. The van der Waals surface area contributed by atoms with E-state index in [1.807, 2.05) is 18.2 Å². The van der Waals surface area contributed by atoms with Gasteiger partial charge in [-0.15, -0.1) is 0 Å². The Kier molecular flexibility index (Phi) is 3.55. The number of aliphatic hydroxyl groups excluding tert-OH is 1. The molecule has 1 heterocycles. The molecule has 3 aromatic rings. The van der Waals surface area contributed by atoms with E-state index in [4.69, 9.17) is 10.8 Å². The van der Waals surface area contributed by atoms with Gasteiger partial charge in [-0.3, -0.25) is 4.79 Å². The molecule has 1 amide bonds. The highest BCUT2D eigenvalue weighted by Crippen LogP contribution is 2.29. The Morgan fingerprint density at radius 2 is 2.17 bits per heavy atom. The molecule has 0 saturated heterocycles. The predicted molar refractivity (Wildman–Crippen MR) is 90.3 cm³/mol. The van der Waals surface area contributed by atoms with Crippen molar-refractivity contribution in [1.29, 1.82) is 0 Å². The molecule has 0 spiro atoms. The topological polar surface area (TPSA) is 104 Å². The summed E-state index contributed by atoms with van der Waals surface area (Å²) in [6.07, 6.45) is 0.740.